The Kier molecular flexibility index (Phi) is 4.17. The maximum Gasteiger partial charge on any atom is 0.118 e. The van der Waals surface area contributed by atoms with Crippen LogP contribution in [0.25, 0.3) is 0 Å². The van der Waals surface area contributed by atoms with Crippen molar-refractivity contribution in [1.82, 2.24) is 0 Å². The first-order chi connectivity index (χ1) is 7.17. The van der Waals surface area contributed by atoms with E-state index in [1.54, 1.807) is 7.11 Å². The summed E-state index contributed by atoms with van der Waals surface area (Å²) in [6.07, 6.45) is 0.818. The number of methoxy groups -OCH3 is 1. The molecule has 0 saturated carbocycles. The topological polar surface area (TPSA) is 33.0 Å². The molecule has 0 amide bonds. The molecule has 0 fully saturated rings. The van der Waals surface area contributed by atoms with Crippen LogP contribution in [0.5, 0.6) is 5.75 Å². The first-order valence-corrected chi connectivity index (χ1v) is 5.20. The molecule has 0 aliphatic heterocycles. The molecule has 15 heavy (non-hydrogen) atoms. The molecule has 80 valence electrons. The lowest BCUT2D eigenvalue weighted by Crippen LogP contribution is -2.09. The number of hydrogen-bond acceptors (Lipinski definition) is 2. The van der Waals surface area contributed by atoms with Crippen LogP contribution in [0.2, 0.25) is 0 Å². The second-order valence-corrected chi connectivity index (χ2v) is 4.03. The van der Waals surface area contributed by atoms with Gasteiger partial charge in [-0.25, -0.2) is 0 Å². The summed E-state index contributed by atoms with van der Waals surface area (Å²) < 4.78 is 5.08. The van der Waals surface area contributed by atoms with Gasteiger partial charge in [-0.3, -0.25) is 0 Å². The summed E-state index contributed by atoms with van der Waals surface area (Å²) in [5.41, 5.74) is 1.19. The van der Waals surface area contributed by atoms with Crippen molar-refractivity contribution in [1.29, 1.82) is 5.26 Å². The highest BCUT2D eigenvalue weighted by atomic mass is 16.5. The van der Waals surface area contributed by atoms with Crippen LogP contribution < -0.4 is 4.74 Å². The molecule has 0 aromatic heterocycles. The second kappa shape index (κ2) is 5.41. The molecular formula is C13H17NO. The number of nitriles is 1. The minimum absolute atomic E-state index is 0.0957. The fourth-order valence-corrected chi connectivity index (χ4v) is 1.45. The van der Waals surface area contributed by atoms with Gasteiger partial charge in [0, 0.05) is 0 Å². The molecule has 1 aromatic rings. The van der Waals surface area contributed by atoms with Gasteiger partial charge in [-0.2, -0.15) is 5.26 Å². The minimum atomic E-state index is 0.0957. The fourth-order valence-electron chi connectivity index (χ4n) is 1.45. The zero-order chi connectivity index (χ0) is 11.3. The van der Waals surface area contributed by atoms with E-state index in [4.69, 9.17) is 10.00 Å². The Hall–Kier alpha value is -1.49. The number of benzene rings is 1. The Morgan fingerprint density at radius 3 is 2.27 bits per heavy atom. The summed E-state index contributed by atoms with van der Waals surface area (Å²) in [4.78, 5) is 0. The van der Waals surface area contributed by atoms with Gasteiger partial charge in [0.25, 0.3) is 0 Å². The summed E-state index contributed by atoms with van der Waals surface area (Å²) in [7, 11) is 1.65. The van der Waals surface area contributed by atoms with E-state index in [-0.39, 0.29) is 5.92 Å². The second-order valence-electron chi connectivity index (χ2n) is 4.03. The van der Waals surface area contributed by atoms with Gasteiger partial charge in [0.2, 0.25) is 0 Å². The number of nitrogens with zero attached hydrogens (tertiary/aromatic N) is 1. The van der Waals surface area contributed by atoms with Crippen molar-refractivity contribution in [3.8, 4) is 11.8 Å². The third-order valence-corrected chi connectivity index (χ3v) is 2.59. The van der Waals surface area contributed by atoms with Crippen LogP contribution in [-0.4, -0.2) is 7.11 Å². The standard InChI is InChI=1S/C13H17NO/c1-10(2)12(9-14)8-11-4-6-13(15-3)7-5-11/h4-7,10,12H,8H2,1-3H3. The van der Waals surface area contributed by atoms with Crippen LogP contribution in [0.3, 0.4) is 0 Å². The molecular weight excluding hydrogens is 186 g/mol. The predicted octanol–water partition coefficient (Wildman–Crippen LogP) is 3.03. The predicted molar refractivity (Wildman–Crippen MR) is 60.6 cm³/mol. The molecule has 0 saturated heterocycles. The van der Waals surface area contributed by atoms with E-state index in [2.05, 4.69) is 19.9 Å². The van der Waals surface area contributed by atoms with E-state index < -0.39 is 0 Å². The Labute approximate surface area is 91.5 Å². The third kappa shape index (κ3) is 3.28. The van der Waals surface area contributed by atoms with Crippen molar-refractivity contribution in [2.45, 2.75) is 20.3 Å². The van der Waals surface area contributed by atoms with Gasteiger partial charge < -0.3 is 4.74 Å². The highest BCUT2D eigenvalue weighted by Gasteiger charge is 2.12. The average Bonchev–Trinajstić information content (AvgIpc) is 2.26. The van der Waals surface area contributed by atoms with E-state index in [0.717, 1.165) is 12.2 Å². The SMILES string of the molecule is COc1ccc(CC(C#N)C(C)C)cc1. The van der Waals surface area contributed by atoms with E-state index in [0.29, 0.717) is 5.92 Å². The number of hydrogen-bond donors (Lipinski definition) is 0. The van der Waals surface area contributed by atoms with Crippen LogP contribution in [0, 0.1) is 23.2 Å². The molecule has 1 aromatic carbocycles. The molecule has 0 aliphatic rings. The average molecular weight is 203 g/mol. The van der Waals surface area contributed by atoms with Crippen LogP contribution >= 0.6 is 0 Å². The van der Waals surface area contributed by atoms with E-state index in [9.17, 15) is 0 Å². The lowest BCUT2D eigenvalue weighted by atomic mass is 9.91. The maximum atomic E-state index is 8.98. The molecule has 1 unspecified atom stereocenters. The van der Waals surface area contributed by atoms with Gasteiger partial charge in [-0.1, -0.05) is 26.0 Å². The zero-order valence-electron chi connectivity index (χ0n) is 9.53. The molecule has 2 nitrogen and oxygen atoms in total. The zero-order valence-corrected chi connectivity index (χ0v) is 9.53. The molecule has 1 rings (SSSR count). The normalized spacial score (nSPS) is 12.2. The van der Waals surface area contributed by atoms with Gasteiger partial charge in [0.05, 0.1) is 19.1 Å². The molecule has 0 N–H and O–H groups in total. The smallest absolute Gasteiger partial charge is 0.118 e. The highest BCUT2D eigenvalue weighted by molar-refractivity contribution is 5.27. The van der Waals surface area contributed by atoms with Crippen molar-refractivity contribution in [2.75, 3.05) is 7.11 Å². The van der Waals surface area contributed by atoms with Gasteiger partial charge in [0.1, 0.15) is 5.75 Å². The number of rotatable bonds is 4. The highest BCUT2D eigenvalue weighted by Crippen LogP contribution is 2.18. The van der Waals surface area contributed by atoms with Crippen molar-refractivity contribution in [2.24, 2.45) is 11.8 Å². The third-order valence-electron chi connectivity index (χ3n) is 2.59. The first kappa shape index (κ1) is 11.6. The van der Waals surface area contributed by atoms with E-state index in [1.807, 2.05) is 24.3 Å². The molecule has 2 heteroatoms. The summed E-state index contributed by atoms with van der Waals surface area (Å²) in [6, 6.07) is 10.3. The largest absolute Gasteiger partial charge is 0.497 e. The molecule has 0 radical (unpaired) electrons. The van der Waals surface area contributed by atoms with Crippen LogP contribution in [0.4, 0.5) is 0 Å². The molecule has 0 bridgehead atoms. The Balaban J connectivity index is 2.68. The Morgan fingerprint density at radius 1 is 1.27 bits per heavy atom. The lowest BCUT2D eigenvalue weighted by molar-refractivity contribution is 0.414. The Bertz CT molecular complexity index is 335. The van der Waals surface area contributed by atoms with E-state index in [1.165, 1.54) is 5.56 Å². The van der Waals surface area contributed by atoms with Gasteiger partial charge in [-0.05, 0) is 30.0 Å². The maximum absolute atomic E-state index is 8.98. The molecule has 0 spiro atoms. The number of ether oxygens (including phenoxy) is 1. The summed E-state index contributed by atoms with van der Waals surface area (Å²) in [5, 5.41) is 8.98. The quantitative estimate of drug-likeness (QED) is 0.753. The lowest BCUT2D eigenvalue weighted by Gasteiger charge is -2.12. The summed E-state index contributed by atoms with van der Waals surface area (Å²) in [5.74, 6) is 1.35. The molecule has 1 atom stereocenters. The molecule has 0 aliphatic carbocycles. The van der Waals surface area contributed by atoms with Crippen LogP contribution in [0.15, 0.2) is 24.3 Å². The minimum Gasteiger partial charge on any atom is -0.497 e. The van der Waals surface area contributed by atoms with E-state index >= 15 is 0 Å². The first-order valence-electron chi connectivity index (χ1n) is 5.20. The van der Waals surface area contributed by atoms with Crippen molar-refractivity contribution in [3.05, 3.63) is 29.8 Å². The van der Waals surface area contributed by atoms with Crippen molar-refractivity contribution in [3.63, 3.8) is 0 Å². The molecule has 0 heterocycles. The monoisotopic (exact) mass is 203 g/mol. The van der Waals surface area contributed by atoms with Gasteiger partial charge in [-0.15, -0.1) is 0 Å². The van der Waals surface area contributed by atoms with Gasteiger partial charge >= 0.3 is 0 Å². The Morgan fingerprint density at radius 2 is 1.87 bits per heavy atom. The summed E-state index contributed by atoms with van der Waals surface area (Å²) >= 11 is 0. The van der Waals surface area contributed by atoms with Crippen molar-refractivity contribution < 1.29 is 4.74 Å². The van der Waals surface area contributed by atoms with Crippen LogP contribution in [0.1, 0.15) is 19.4 Å². The summed E-state index contributed by atoms with van der Waals surface area (Å²) in [6.45, 7) is 4.16. The van der Waals surface area contributed by atoms with Crippen LogP contribution in [-0.2, 0) is 6.42 Å². The van der Waals surface area contributed by atoms with Crippen molar-refractivity contribution >= 4 is 0 Å². The van der Waals surface area contributed by atoms with Gasteiger partial charge in [0.15, 0.2) is 0 Å². The fraction of sp³-hybridized carbons (Fsp3) is 0.462.